The molecule has 0 saturated carbocycles. The van der Waals surface area contributed by atoms with E-state index in [1.54, 1.807) is 12.0 Å². The van der Waals surface area contributed by atoms with Gasteiger partial charge in [-0.05, 0) is 56.7 Å². The Hall–Kier alpha value is -2.71. The summed E-state index contributed by atoms with van der Waals surface area (Å²) >= 11 is 0. The molecule has 3 rings (SSSR count). The minimum atomic E-state index is -0.637. The van der Waals surface area contributed by atoms with Crippen LogP contribution in [0.25, 0.3) is 0 Å². The van der Waals surface area contributed by atoms with Gasteiger partial charge in [-0.3, -0.25) is 0 Å². The lowest BCUT2D eigenvalue weighted by atomic mass is 10.0. The third-order valence-electron chi connectivity index (χ3n) is 5.87. The second-order valence-corrected chi connectivity index (χ2v) is 8.40. The van der Waals surface area contributed by atoms with E-state index in [0.717, 1.165) is 49.7 Å². The van der Waals surface area contributed by atoms with Gasteiger partial charge in [-0.25, -0.2) is 13.6 Å². The van der Waals surface area contributed by atoms with Gasteiger partial charge in [-0.2, -0.15) is 0 Å². The summed E-state index contributed by atoms with van der Waals surface area (Å²) < 4.78 is 38.3. The van der Waals surface area contributed by atoms with E-state index in [4.69, 9.17) is 9.47 Å². The number of halogens is 2. The quantitative estimate of drug-likeness (QED) is 0.539. The van der Waals surface area contributed by atoms with Crippen molar-refractivity contribution in [2.45, 2.75) is 38.4 Å². The van der Waals surface area contributed by atoms with Gasteiger partial charge in [0, 0.05) is 44.4 Å². The molecular formula is C25H33F2N3O3. The molecule has 8 heteroatoms. The van der Waals surface area contributed by atoms with Gasteiger partial charge in [0.2, 0.25) is 0 Å². The summed E-state index contributed by atoms with van der Waals surface area (Å²) in [6.45, 7) is 3.41. The van der Waals surface area contributed by atoms with Gasteiger partial charge < -0.3 is 24.6 Å². The average Bonchev–Trinajstić information content (AvgIpc) is 2.81. The van der Waals surface area contributed by atoms with Gasteiger partial charge in [0.15, 0.2) is 0 Å². The highest BCUT2D eigenvalue weighted by atomic mass is 19.1. The highest BCUT2D eigenvalue weighted by molar-refractivity contribution is 5.74. The summed E-state index contributed by atoms with van der Waals surface area (Å²) in [5.74, 6) is -0.500. The highest BCUT2D eigenvalue weighted by Crippen LogP contribution is 2.21. The number of urea groups is 1. The molecule has 1 aliphatic heterocycles. The van der Waals surface area contributed by atoms with Crippen molar-refractivity contribution in [3.05, 3.63) is 65.2 Å². The number of amides is 2. The van der Waals surface area contributed by atoms with Crippen LogP contribution in [-0.2, 0) is 17.8 Å². The maximum Gasteiger partial charge on any atom is 0.318 e. The number of piperidine rings is 1. The number of methoxy groups -OCH3 is 1. The Morgan fingerprint density at radius 3 is 2.52 bits per heavy atom. The molecule has 0 aliphatic carbocycles. The molecule has 2 aromatic rings. The van der Waals surface area contributed by atoms with Crippen molar-refractivity contribution in [2.24, 2.45) is 0 Å². The molecule has 6 nitrogen and oxygen atoms in total. The molecule has 180 valence electrons. The van der Waals surface area contributed by atoms with E-state index in [2.05, 4.69) is 10.2 Å². The Balaban J connectivity index is 1.61. The zero-order valence-electron chi connectivity index (χ0n) is 19.4. The lowest BCUT2D eigenvalue weighted by molar-refractivity contribution is 0.126. The first-order valence-electron chi connectivity index (χ1n) is 11.3. The number of hydrogen-bond donors (Lipinski definition) is 1. The molecule has 2 amide bonds. The topological polar surface area (TPSA) is 54.0 Å². The van der Waals surface area contributed by atoms with Crippen molar-refractivity contribution >= 4 is 6.03 Å². The Labute approximate surface area is 194 Å². The van der Waals surface area contributed by atoms with Crippen molar-refractivity contribution in [3.8, 4) is 5.75 Å². The Bertz CT molecular complexity index is 887. The molecule has 1 aliphatic rings. The van der Waals surface area contributed by atoms with Crippen LogP contribution in [0.15, 0.2) is 42.5 Å². The predicted molar refractivity (Wildman–Crippen MR) is 123 cm³/mol. The molecule has 1 fully saturated rings. The molecule has 1 N–H and O–H groups in total. The molecule has 0 radical (unpaired) electrons. The summed E-state index contributed by atoms with van der Waals surface area (Å²) in [6, 6.07) is 10.8. The van der Waals surface area contributed by atoms with Crippen LogP contribution in [-0.4, -0.2) is 62.3 Å². The van der Waals surface area contributed by atoms with Crippen molar-refractivity contribution in [1.29, 1.82) is 0 Å². The zero-order valence-corrected chi connectivity index (χ0v) is 19.4. The minimum Gasteiger partial charge on any atom is -0.494 e. The molecule has 33 heavy (non-hydrogen) atoms. The summed E-state index contributed by atoms with van der Waals surface area (Å²) in [5, 5.41) is 2.96. The van der Waals surface area contributed by atoms with Gasteiger partial charge >= 0.3 is 6.03 Å². The first kappa shape index (κ1) is 24.9. The lowest BCUT2D eigenvalue weighted by Crippen LogP contribution is -2.49. The van der Waals surface area contributed by atoms with E-state index < -0.39 is 11.6 Å². The van der Waals surface area contributed by atoms with E-state index in [9.17, 15) is 13.6 Å². The molecule has 0 bridgehead atoms. The largest absolute Gasteiger partial charge is 0.494 e. The van der Waals surface area contributed by atoms with E-state index in [-0.39, 0.29) is 18.6 Å². The van der Waals surface area contributed by atoms with Crippen LogP contribution in [0.1, 0.15) is 30.4 Å². The van der Waals surface area contributed by atoms with Crippen molar-refractivity contribution in [1.82, 2.24) is 15.1 Å². The molecule has 1 heterocycles. The second-order valence-electron chi connectivity index (χ2n) is 8.40. The Morgan fingerprint density at radius 1 is 1.12 bits per heavy atom. The van der Waals surface area contributed by atoms with Crippen LogP contribution in [0, 0.1) is 11.6 Å². The number of rotatable bonds is 10. The van der Waals surface area contributed by atoms with Crippen LogP contribution in [0.2, 0.25) is 0 Å². The van der Waals surface area contributed by atoms with Crippen LogP contribution in [0.5, 0.6) is 5.75 Å². The number of nitrogens with one attached hydrogen (secondary N) is 1. The molecular weight excluding hydrogens is 428 g/mol. The summed E-state index contributed by atoms with van der Waals surface area (Å²) in [5.41, 5.74) is 1.24. The number of carbonyl (C=O) groups excluding carboxylic acids is 1. The minimum absolute atomic E-state index is 0.00599. The number of hydrogen-bond acceptors (Lipinski definition) is 4. The number of likely N-dealkylation sites (tertiary alicyclic amines) is 1. The molecule has 0 atom stereocenters. The summed E-state index contributed by atoms with van der Waals surface area (Å²) in [4.78, 5) is 17.0. The molecule has 2 aromatic carbocycles. The van der Waals surface area contributed by atoms with Crippen molar-refractivity contribution < 1.29 is 23.0 Å². The third-order valence-corrected chi connectivity index (χ3v) is 5.87. The van der Waals surface area contributed by atoms with Gasteiger partial charge in [-0.1, -0.05) is 18.2 Å². The molecule has 1 saturated heterocycles. The predicted octanol–water partition coefficient (Wildman–Crippen LogP) is 4.19. The maximum atomic E-state index is 14.3. The third kappa shape index (κ3) is 7.68. The molecule has 0 unspecified atom stereocenters. The standard InChI is InChI=1S/C25H33F2N3O3/c1-29-12-10-22(11-13-29)30(18-20-6-7-21(26)16-24(20)27)25(31)28-17-19-4-8-23(9-5-19)33-15-3-14-32-2/h4-9,16,22H,3,10-15,17-18H2,1-2H3,(H,28,31). The zero-order chi connectivity index (χ0) is 23.6. The normalized spacial score (nSPS) is 14.8. The first-order valence-corrected chi connectivity index (χ1v) is 11.3. The number of carbonyl (C=O) groups is 1. The lowest BCUT2D eigenvalue weighted by Gasteiger charge is -2.37. The fourth-order valence-electron chi connectivity index (χ4n) is 3.88. The van der Waals surface area contributed by atoms with E-state index in [1.807, 2.05) is 31.3 Å². The highest BCUT2D eigenvalue weighted by Gasteiger charge is 2.27. The van der Waals surface area contributed by atoms with Crippen LogP contribution in [0.4, 0.5) is 13.6 Å². The number of ether oxygens (including phenoxy) is 2. The SMILES string of the molecule is COCCCOc1ccc(CNC(=O)N(Cc2ccc(F)cc2F)C2CCN(C)CC2)cc1. The van der Waals surface area contributed by atoms with Gasteiger partial charge in [0.05, 0.1) is 13.2 Å². The van der Waals surface area contributed by atoms with E-state index in [1.165, 1.54) is 12.1 Å². The van der Waals surface area contributed by atoms with Gasteiger partial charge in [0.1, 0.15) is 17.4 Å². The second kappa shape index (κ2) is 12.5. The van der Waals surface area contributed by atoms with Gasteiger partial charge in [0.25, 0.3) is 0 Å². The van der Waals surface area contributed by atoms with Crippen molar-refractivity contribution in [2.75, 3.05) is 40.5 Å². The van der Waals surface area contributed by atoms with Crippen LogP contribution in [0.3, 0.4) is 0 Å². The Kier molecular flexibility index (Phi) is 9.45. The maximum absolute atomic E-state index is 14.3. The molecule has 0 aromatic heterocycles. The Morgan fingerprint density at radius 2 is 1.85 bits per heavy atom. The fourth-order valence-corrected chi connectivity index (χ4v) is 3.88. The fraction of sp³-hybridized carbons (Fsp3) is 0.480. The average molecular weight is 462 g/mol. The van der Waals surface area contributed by atoms with Crippen LogP contribution < -0.4 is 10.1 Å². The van der Waals surface area contributed by atoms with E-state index >= 15 is 0 Å². The summed E-state index contributed by atoms with van der Waals surface area (Å²) in [7, 11) is 3.71. The number of nitrogens with zero attached hydrogens (tertiary/aromatic N) is 2. The van der Waals surface area contributed by atoms with Crippen molar-refractivity contribution in [3.63, 3.8) is 0 Å². The van der Waals surface area contributed by atoms with Crippen LogP contribution >= 0.6 is 0 Å². The summed E-state index contributed by atoms with van der Waals surface area (Å²) in [6.07, 6.45) is 2.43. The smallest absolute Gasteiger partial charge is 0.318 e. The van der Waals surface area contributed by atoms with E-state index in [0.29, 0.717) is 25.3 Å². The number of benzene rings is 2. The monoisotopic (exact) mass is 461 g/mol. The van der Waals surface area contributed by atoms with Gasteiger partial charge in [-0.15, -0.1) is 0 Å². The first-order chi connectivity index (χ1) is 16.0. The molecule has 0 spiro atoms.